The molecule has 0 bridgehead atoms. The number of rotatable bonds is 3. The lowest BCUT2D eigenvalue weighted by Gasteiger charge is -2.09. The minimum absolute atomic E-state index is 0.0238. The van der Waals surface area contributed by atoms with E-state index in [-0.39, 0.29) is 12.5 Å². The summed E-state index contributed by atoms with van der Waals surface area (Å²) in [6.45, 7) is 1.38. The molecule has 0 radical (unpaired) electrons. The Bertz CT molecular complexity index is 695. The standard InChI is InChI=1S/C13H13FN4O2/c1-8-6-12(20)18(13(15)16-8)7-11(19)17-10-4-2-9(14)3-5-10/h2-6H,7H2,1H3,(H2,15,16)(H,17,19). The van der Waals surface area contributed by atoms with E-state index in [2.05, 4.69) is 10.3 Å². The number of nitrogen functional groups attached to an aromatic ring is 1. The van der Waals surface area contributed by atoms with Crippen LogP contribution in [0.15, 0.2) is 35.1 Å². The summed E-state index contributed by atoms with van der Waals surface area (Å²) >= 11 is 0. The Kier molecular flexibility index (Phi) is 3.79. The molecule has 1 amide bonds. The number of amides is 1. The molecule has 2 rings (SSSR count). The van der Waals surface area contributed by atoms with Crippen molar-refractivity contribution in [3.63, 3.8) is 0 Å². The van der Waals surface area contributed by atoms with E-state index in [0.717, 1.165) is 4.57 Å². The molecular formula is C13H13FN4O2. The van der Waals surface area contributed by atoms with Crippen LogP contribution in [-0.2, 0) is 11.3 Å². The van der Waals surface area contributed by atoms with Crippen LogP contribution < -0.4 is 16.6 Å². The lowest BCUT2D eigenvalue weighted by atomic mass is 10.3. The Balaban J connectivity index is 2.12. The molecule has 7 heteroatoms. The summed E-state index contributed by atoms with van der Waals surface area (Å²) in [7, 11) is 0. The first kappa shape index (κ1) is 13.7. The van der Waals surface area contributed by atoms with Crippen LogP contribution in [0.1, 0.15) is 5.69 Å². The fourth-order valence-corrected chi connectivity index (χ4v) is 1.68. The lowest BCUT2D eigenvalue weighted by molar-refractivity contribution is -0.116. The third-order valence-electron chi connectivity index (χ3n) is 2.60. The van der Waals surface area contributed by atoms with Crippen molar-refractivity contribution in [2.75, 3.05) is 11.1 Å². The third kappa shape index (κ3) is 3.19. The molecule has 0 saturated carbocycles. The van der Waals surface area contributed by atoms with E-state index in [1.165, 1.54) is 30.3 Å². The molecule has 0 aliphatic heterocycles. The second-order valence-corrected chi connectivity index (χ2v) is 4.24. The van der Waals surface area contributed by atoms with Gasteiger partial charge in [0.05, 0.1) is 0 Å². The van der Waals surface area contributed by atoms with Gasteiger partial charge in [-0.3, -0.25) is 14.2 Å². The number of nitrogens with zero attached hydrogens (tertiary/aromatic N) is 2. The second-order valence-electron chi connectivity index (χ2n) is 4.24. The quantitative estimate of drug-likeness (QED) is 0.872. The molecular weight excluding hydrogens is 263 g/mol. The van der Waals surface area contributed by atoms with E-state index in [9.17, 15) is 14.0 Å². The van der Waals surface area contributed by atoms with Gasteiger partial charge in [0, 0.05) is 17.4 Å². The van der Waals surface area contributed by atoms with Gasteiger partial charge in [0.25, 0.3) is 5.56 Å². The first-order valence-corrected chi connectivity index (χ1v) is 5.85. The van der Waals surface area contributed by atoms with Gasteiger partial charge >= 0.3 is 0 Å². The highest BCUT2D eigenvalue weighted by molar-refractivity contribution is 5.90. The van der Waals surface area contributed by atoms with Gasteiger partial charge in [0.2, 0.25) is 11.9 Å². The van der Waals surface area contributed by atoms with E-state index in [0.29, 0.717) is 11.4 Å². The Labute approximate surface area is 114 Å². The molecule has 0 aliphatic carbocycles. The molecule has 1 aromatic carbocycles. The highest BCUT2D eigenvalue weighted by Crippen LogP contribution is 2.08. The summed E-state index contributed by atoms with van der Waals surface area (Å²) in [6.07, 6.45) is 0. The number of aromatic nitrogens is 2. The summed E-state index contributed by atoms with van der Waals surface area (Å²) in [5.74, 6) is -0.869. The molecule has 0 aliphatic rings. The molecule has 6 nitrogen and oxygen atoms in total. The first-order valence-electron chi connectivity index (χ1n) is 5.85. The zero-order chi connectivity index (χ0) is 14.7. The maximum Gasteiger partial charge on any atom is 0.255 e. The van der Waals surface area contributed by atoms with E-state index >= 15 is 0 Å². The molecule has 104 valence electrons. The molecule has 0 spiro atoms. The molecule has 1 aromatic heterocycles. The summed E-state index contributed by atoms with van der Waals surface area (Å²) < 4.78 is 13.8. The molecule has 0 fully saturated rings. The van der Waals surface area contributed by atoms with Crippen molar-refractivity contribution in [3.8, 4) is 0 Å². The fraction of sp³-hybridized carbons (Fsp3) is 0.154. The van der Waals surface area contributed by atoms with Gasteiger partial charge in [0.1, 0.15) is 12.4 Å². The van der Waals surface area contributed by atoms with Gasteiger partial charge in [-0.2, -0.15) is 0 Å². The zero-order valence-corrected chi connectivity index (χ0v) is 10.8. The molecule has 2 aromatic rings. The van der Waals surface area contributed by atoms with Crippen LogP contribution in [0.4, 0.5) is 16.0 Å². The van der Waals surface area contributed by atoms with Crippen molar-refractivity contribution in [3.05, 3.63) is 52.2 Å². The van der Waals surface area contributed by atoms with E-state index in [1.807, 2.05) is 0 Å². The van der Waals surface area contributed by atoms with Crippen LogP contribution in [0.3, 0.4) is 0 Å². The second kappa shape index (κ2) is 5.52. The summed E-state index contributed by atoms with van der Waals surface area (Å²) in [6, 6.07) is 6.59. The number of benzene rings is 1. The highest BCUT2D eigenvalue weighted by Gasteiger charge is 2.09. The van der Waals surface area contributed by atoms with Crippen molar-refractivity contribution < 1.29 is 9.18 Å². The summed E-state index contributed by atoms with van der Waals surface area (Å²) in [5.41, 5.74) is 6.13. The number of carbonyl (C=O) groups excluding carboxylic acids is 1. The van der Waals surface area contributed by atoms with E-state index in [1.54, 1.807) is 6.92 Å². The fourth-order valence-electron chi connectivity index (χ4n) is 1.68. The van der Waals surface area contributed by atoms with Gasteiger partial charge in [-0.1, -0.05) is 0 Å². The number of hydrogen-bond acceptors (Lipinski definition) is 4. The summed E-state index contributed by atoms with van der Waals surface area (Å²) in [4.78, 5) is 27.4. The van der Waals surface area contributed by atoms with Crippen LogP contribution in [-0.4, -0.2) is 15.5 Å². The average Bonchev–Trinajstić information content (AvgIpc) is 2.36. The first-order chi connectivity index (χ1) is 9.45. The van der Waals surface area contributed by atoms with Crippen LogP contribution in [0.2, 0.25) is 0 Å². The Morgan fingerprint density at radius 3 is 2.65 bits per heavy atom. The number of anilines is 2. The number of halogens is 1. The van der Waals surface area contributed by atoms with Crippen LogP contribution >= 0.6 is 0 Å². The number of carbonyl (C=O) groups is 1. The maximum absolute atomic E-state index is 12.7. The Hall–Kier alpha value is -2.70. The normalized spacial score (nSPS) is 10.3. The van der Waals surface area contributed by atoms with Crippen LogP contribution in [0.25, 0.3) is 0 Å². The van der Waals surface area contributed by atoms with E-state index in [4.69, 9.17) is 5.73 Å². The molecule has 20 heavy (non-hydrogen) atoms. The van der Waals surface area contributed by atoms with Crippen molar-refractivity contribution in [1.29, 1.82) is 0 Å². The SMILES string of the molecule is Cc1cc(=O)n(CC(=O)Nc2ccc(F)cc2)c(N)n1. The van der Waals surface area contributed by atoms with Crippen LogP contribution in [0.5, 0.6) is 0 Å². The lowest BCUT2D eigenvalue weighted by Crippen LogP contribution is -2.30. The van der Waals surface area contributed by atoms with Gasteiger partial charge in [0.15, 0.2) is 0 Å². The van der Waals surface area contributed by atoms with E-state index < -0.39 is 17.3 Å². The minimum Gasteiger partial charge on any atom is -0.369 e. The Morgan fingerprint density at radius 2 is 2.05 bits per heavy atom. The van der Waals surface area contributed by atoms with Crippen molar-refractivity contribution in [1.82, 2.24) is 9.55 Å². The maximum atomic E-state index is 12.7. The molecule has 0 unspecified atom stereocenters. The van der Waals surface area contributed by atoms with Crippen molar-refractivity contribution in [2.24, 2.45) is 0 Å². The number of aryl methyl sites for hydroxylation is 1. The molecule has 1 heterocycles. The monoisotopic (exact) mass is 276 g/mol. The highest BCUT2D eigenvalue weighted by atomic mass is 19.1. The van der Waals surface area contributed by atoms with Crippen molar-refractivity contribution in [2.45, 2.75) is 13.5 Å². The zero-order valence-electron chi connectivity index (χ0n) is 10.8. The molecule has 0 atom stereocenters. The minimum atomic E-state index is -0.448. The predicted molar refractivity (Wildman–Crippen MR) is 72.7 cm³/mol. The molecule has 3 N–H and O–H groups in total. The predicted octanol–water partition coefficient (Wildman–Crippen LogP) is 0.912. The van der Waals surface area contributed by atoms with Gasteiger partial charge in [-0.05, 0) is 31.2 Å². The van der Waals surface area contributed by atoms with Gasteiger partial charge in [-0.15, -0.1) is 0 Å². The van der Waals surface area contributed by atoms with Crippen molar-refractivity contribution >= 4 is 17.5 Å². The number of hydrogen-bond donors (Lipinski definition) is 2. The Morgan fingerprint density at radius 1 is 1.40 bits per heavy atom. The number of nitrogens with one attached hydrogen (secondary N) is 1. The number of nitrogens with two attached hydrogens (primary N) is 1. The van der Waals surface area contributed by atoms with Gasteiger partial charge in [-0.25, -0.2) is 9.37 Å². The largest absolute Gasteiger partial charge is 0.369 e. The summed E-state index contributed by atoms with van der Waals surface area (Å²) in [5, 5.41) is 2.54. The van der Waals surface area contributed by atoms with Gasteiger partial charge < -0.3 is 11.1 Å². The smallest absolute Gasteiger partial charge is 0.255 e. The third-order valence-corrected chi connectivity index (χ3v) is 2.60. The topological polar surface area (TPSA) is 90.0 Å². The molecule has 0 saturated heterocycles. The van der Waals surface area contributed by atoms with Crippen LogP contribution in [0, 0.1) is 12.7 Å². The average molecular weight is 276 g/mol.